The predicted molar refractivity (Wildman–Crippen MR) is 120 cm³/mol. The summed E-state index contributed by atoms with van der Waals surface area (Å²) in [4.78, 5) is 40.4. The SMILES string of the molecule is COC(=O)C1=C(C(=O)OC)[C@@H]([C@H]2C(=O)N(c3ccc(C)cc3)[C@@H]2c2ccccc2)CC=C1. The Morgan fingerprint density at radius 1 is 0.938 bits per heavy atom. The number of benzene rings is 2. The molecule has 0 saturated carbocycles. The lowest BCUT2D eigenvalue weighted by Gasteiger charge is -2.51. The van der Waals surface area contributed by atoms with E-state index in [0.717, 1.165) is 16.8 Å². The van der Waals surface area contributed by atoms with Crippen molar-refractivity contribution in [3.05, 3.63) is 89.0 Å². The maximum atomic E-state index is 13.5. The van der Waals surface area contributed by atoms with Crippen LogP contribution in [0.15, 0.2) is 77.9 Å². The van der Waals surface area contributed by atoms with Crippen LogP contribution in [0.3, 0.4) is 0 Å². The van der Waals surface area contributed by atoms with Gasteiger partial charge in [0.2, 0.25) is 5.91 Å². The highest BCUT2D eigenvalue weighted by Crippen LogP contribution is 2.51. The van der Waals surface area contributed by atoms with Crippen molar-refractivity contribution in [2.75, 3.05) is 19.1 Å². The molecule has 1 amide bonds. The fourth-order valence-electron chi connectivity index (χ4n) is 4.63. The van der Waals surface area contributed by atoms with E-state index in [1.807, 2.05) is 67.6 Å². The largest absolute Gasteiger partial charge is 0.466 e. The Labute approximate surface area is 187 Å². The van der Waals surface area contributed by atoms with E-state index in [1.54, 1.807) is 11.0 Å². The van der Waals surface area contributed by atoms with Gasteiger partial charge in [0.25, 0.3) is 0 Å². The van der Waals surface area contributed by atoms with Gasteiger partial charge in [0.1, 0.15) is 0 Å². The third-order valence-electron chi connectivity index (χ3n) is 6.17. The van der Waals surface area contributed by atoms with Crippen LogP contribution in [0.2, 0.25) is 0 Å². The second-order valence-corrected chi connectivity index (χ2v) is 7.98. The lowest BCUT2D eigenvalue weighted by atomic mass is 9.68. The van der Waals surface area contributed by atoms with Gasteiger partial charge < -0.3 is 14.4 Å². The van der Waals surface area contributed by atoms with E-state index in [2.05, 4.69) is 0 Å². The van der Waals surface area contributed by atoms with E-state index in [1.165, 1.54) is 14.2 Å². The molecule has 0 radical (unpaired) electrons. The van der Waals surface area contributed by atoms with Gasteiger partial charge >= 0.3 is 11.9 Å². The second-order valence-electron chi connectivity index (χ2n) is 7.98. The highest BCUT2D eigenvalue weighted by atomic mass is 16.5. The number of ether oxygens (including phenoxy) is 2. The summed E-state index contributed by atoms with van der Waals surface area (Å²) in [6.07, 6.45) is 3.84. The number of amides is 1. The number of esters is 2. The fourth-order valence-corrected chi connectivity index (χ4v) is 4.63. The Morgan fingerprint density at radius 3 is 2.22 bits per heavy atom. The third kappa shape index (κ3) is 3.62. The number of aryl methyl sites for hydroxylation is 1. The number of carbonyl (C=O) groups is 3. The Kier molecular flexibility index (Phi) is 5.95. The quantitative estimate of drug-likeness (QED) is 0.530. The number of hydrogen-bond donors (Lipinski definition) is 0. The molecule has 0 bridgehead atoms. The molecule has 2 aromatic rings. The van der Waals surface area contributed by atoms with Gasteiger partial charge in [-0.3, -0.25) is 4.79 Å². The first kappa shape index (κ1) is 21.6. The number of methoxy groups -OCH3 is 2. The molecule has 0 N–H and O–H groups in total. The molecule has 2 aliphatic rings. The molecule has 4 rings (SSSR count). The van der Waals surface area contributed by atoms with Crippen molar-refractivity contribution >= 4 is 23.5 Å². The summed E-state index contributed by atoms with van der Waals surface area (Å²) in [5.74, 6) is -2.34. The van der Waals surface area contributed by atoms with Crippen molar-refractivity contribution in [2.24, 2.45) is 11.8 Å². The molecule has 1 aliphatic carbocycles. The summed E-state index contributed by atoms with van der Waals surface area (Å²) >= 11 is 0. The smallest absolute Gasteiger partial charge is 0.338 e. The van der Waals surface area contributed by atoms with Crippen molar-refractivity contribution in [2.45, 2.75) is 19.4 Å². The first-order valence-corrected chi connectivity index (χ1v) is 10.5. The number of nitrogens with zero attached hydrogens (tertiary/aromatic N) is 1. The minimum atomic E-state index is -0.621. The van der Waals surface area contributed by atoms with Gasteiger partial charge in [-0.1, -0.05) is 60.2 Å². The Hall–Kier alpha value is -3.67. The maximum absolute atomic E-state index is 13.5. The van der Waals surface area contributed by atoms with Crippen LogP contribution in [0.4, 0.5) is 5.69 Å². The molecular weight excluding hydrogens is 406 g/mol. The van der Waals surface area contributed by atoms with Crippen LogP contribution < -0.4 is 4.90 Å². The standard InChI is InChI=1S/C26H25NO5/c1-16-12-14-18(15-13-16)27-23(17-8-5-4-6-9-17)22(24(27)28)19-10-7-11-20(25(29)31-2)21(19)26(30)32-3/h4-9,11-15,19,22-23H,10H2,1-3H3/t19-,22+,23+/m0/s1. The number of hydrogen-bond acceptors (Lipinski definition) is 5. The minimum Gasteiger partial charge on any atom is -0.466 e. The molecule has 1 fully saturated rings. The van der Waals surface area contributed by atoms with Crippen LogP contribution in [0, 0.1) is 18.8 Å². The van der Waals surface area contributed by atoms with Gasteiger partial charge in [0.05, 0.1) is 37.3 Å². The second kappa shape index (κ2) is 8.83. The zero-order valence-electron chi connectivity index (χ0n) is 18.3. The van der Waals surface area contributed by atoms with Crippen molar-refractivity contribution in [1.82, 2.24) is 0 Å². The van der Waals surface area contributed by atoms with E-state index in [0.29, 0.717) is 6.42 Å². The highest BCUT2D eigenvalue weighted by Gasteiger charge is 2.54. The van der Waals surface area contributed by atoms with Crippen LogP contribution in [0.25, 0.3) is 0 Å². The summed E-state index contributed by atoms with van der Waals surface area (Å²) in [7, 11) is 2.54. The third-order valence-corrected chi connectivity index (χ3v) is 6.17. The van der Waals surface area contributed by atoms with Crippen molar-refractivity contribution in [3.8, 4) is 0 Å². The minimum absolute atomic E-state index is 0.0892. The predicted octanol–water partition coefficient (Wildman–Crippen LogP) is 3.92. The van der Waals surface area contributed by atoms with Gasteiger partial charge in [-0.15, -0.1) is 0 Å². The van der Waals surface area contributed by atoms with Crippen LogP contribution in [-0.4, -0.2) is 32.1 Å². The summed E-state index contributed by atoms with van der Waals surface area (Å²) in [6.45, 7) is 2.00. The molecule has 1 heterocycles. The summed E-state index contributed by atoms with van der Waals surface area (Å²) in [5.41, 5.74) is 3.21. The van der Waals surface area contributed by atoms with E-state index in [4.69, 9.17) is 9.47 Å². The van der Waals surface area contributed by atoms with E-state index < -0.39 is 23.8 Å². The zero-order valence-corrected chi connectivity index (χ0v) is 18.3. The molecule has 3 atom stereocenters. The summed E-state index contributed by atoms with van der Waals surface area (Å²) in [5, 5.41) is 0. The Morgan fingerprint density at radius 2 is 1.59 bits per heavy atom. The molecule has 0 aromatic heterocycles. The van der Waals surface area contributed by atoms with E-state index in [9.17, 15) is 14.4 Å². The lowest BCUT2D eigenvalue weighted by molar-refractivity contribution is -0.141. The molecule has 6 nitrogen and oxygen atoms in total. The number of anilines is 1. The Balaban J connectivity index is 1.80. The topological polar surface area (TPSA) is 72.9 Å². The monoisotopic (exact) mass is 431 g/mol. The van der Waals surface area contributed by atoms with Gasteiger partial charge in [-0.25, -0.2) is 9.59 Å². The van der Waals surface area contributed by atoms with Crippen LogP contribution >= 0.6 is 0 Å². The molecule has 6 heteroatoms. The fraction of sp³-hybridized carbons (Fsp3) is 0.269. The average Bonchev–Trinajstić information content (AvgIpc) is 2.83. The number of β-lactam (4-membered cyclic amide) rings is 1. The summed E-state index contributed by atoms with van der Waals surface area (Å²) < 4.78 is 9.88. The van der Waals surface area contributed by atoms with Gasteiger partial charge in [-0.05, 0) is 31.0 Å². The van der Waals surface area contributed by atoms with E-state index >= 15 is 0 Å². The maximum Gasteiger partial charge on any atom is 0.338 e. The number of rotatable bonds is 5. The average molecular weight is 431 g/mol. The number of allylic oxidation sites excluding steroid dienone is 1. The van der Waals surface area contributed by atoms with Crippen LogP contribution in [0.5, 0.6) is 0 Å². The zero-order chi connectivity index (χ0) is 22.8. The van der Waals surface area contributed by atoms with Crippen molar-refractivity contribution in [3.63, 3.8) is 0 Å². The van der Waals surface area contributed by atoms with E-state index in [-0.39, 0.29) is 23.1 Å². The first-order chi connectivity index (χ1) is 15.5. The normalized spacial score (nSPS) is 22.4. The molecule has 2 aromatic carbocycles. The number of carbonyl (C=O) groups excluding carboxylic acids is 3. The highest BCUT2D eigenvalue weighted by molar-refractivity contribution is 6.07. The van der Waals surface area contributed by atoms with Gasteiger partial charge in [0.15, 0.2) is 0 Å². The van der Waals surface area contributed by atoms with Crippen molar-refractivity contribution in [1.29, 1.82) is 0 Å². The molecule has 1 saturated heterocycles. The Bertz CT molecular complexity index is 1100. The molecule has 0 unspecified atom stereocenters. The van der Waals surface area contributed by atoms with Crippen LogP contribution in [-0.2, 0) is 23.9 Å². The molecule has 32 heavy (non-hydrogen) atoms. The first-order valence-electron chi connectivity index (χ1n) is 10.5. The molecule has 0 spiro atoms. The lowest BCUT2D eigenvalue weighted by Crippen LogP contribution is -2.58. The van der Waals surface area contributed by atoms with Crippen LogP contribution in [0.1, 0.15) is 23.6 Å². The molecule has 1 aliphatic heterocycles. The summed E-state index contributed by atoms with van der Waals surface area (Å²) in [6, 6.07) is 17.3. The molecular formula is C26H25NO5. The van der Waals surface area contributed by atoms with Gasteiger partial charge in [0, 0.05) is 11.6 Å². The van der Waals surface area contributed by atoms with Gasteiger partial charge in [-0.2, -0.15) is 0 Å². The van der Waals surface area contributed by atoms with Crippen molar-refractivity contribution < 1.29 is 23.9 Å². The molecule has 164 valence electrons.